The number of aromatic nitrogens is 2. The molecule has 1 heterocycles. The number of rotatable bonds is 3. The molecule has 22 heavy (non-hydrogen) atoms. The fourth-order valence-electron chi connectivity index (χ4n) is 2.48. The number of nitrogens with zero attached hydrogens (tertiary/aromatic N) is 2. The van der Waals surface area contributed by atoms with Crippen molar-refractivity contribution in [1.82, 2.24) is 9.66 Å². The first-order valence-corrected chi connectivity index (χ1v) is 7.17. The fraction of sp³-hybridized carbons (Fsp3) is 0.176. The summed E-state index contributed by atoms with van der Waals surface area (Å²) in [6, 6.07) is 11.7. The summed E-state index contributed by atoms with van der Waals surface area (Å²) in [7, 11) is 0. The lowest BCUT2D eigenvalue weighted by Crippen LogP contribution is -2.30. The highest BCUT2D eigenvalue weighted by atomic mass is 19.1. The Bertz CT molecular complexity index is 885. The molecular formula is C17H16FN3O. The Morgan fingerprint density at radius 1 is 1.18 bits per heavy atom. The Morgan fingerprint density at radius 3 is 2.59 bits per heavy atom. The minimum atomic E-state index is -0.483. The number of halogens is 1. The van der Waals surface area contributed by atoms with Gasteiger partial charge in [0.1, 0.15) is 5.82 Å². The Labute approximate surface area is 127 Å². The lowest BCUT2D eigenvalue weighted by atomic mass is 10.1. The van der Waals surface area contributed by atoms with Crippen LogP contribution in [0.5, 0.6) is 0 Å². The van der Waals surface area contributed by atoms with Crippen LogP contribution >= 0.6 is 0 Å². The smallest absolute Gasteiger partial charge is 0.280 e. The van der Waals surface area contributed by atoms with Gasteiger partial charge >= 0.3 is 0 Å². The maximum Gasteiger partial charge on any atom is 0.280 e. The maximum atomic E-state index is 13.3. The first-order valence-electron chi connectivity index (χ1n) is 7.17. The van der Waals surface area contributed by atoms with Crippen LogP contribution in [0.3, 0.4) is 0 Å². The van der Waals surface area contributed by atoms with Crippen molar-refractivity contribution in [2.45, 2.75) is 19.8 Å². The molecule has 0 fully saturated rings. The van der Waals surface area contributed by atoms with Crippen LogP contribution in [0.2, 0.25) is 0 Å². The van der Waals surface area contributed by atoms with Crippen molar-refractivity contribution in [1.29, 1.82) is 0 Å². The van der Waals surface area contributed by atoms with Crippen LogP contribution in [0.25, 0.3) is 22.3 Å². The molecule has 0 unspecified atom stereocenters. The quantitative estimate of drug-likeness (QED) is 0.756. The number of benzene rings is 2. The first-order chi connectivity index (χ1) is 10.6. The Balaban J connectivity index is 2.16. The number of nitrogen functional groups attached to an aromatic ring is 1. The number of hydrogen-bond donors (Lipinski definition) is 1. The van der Waals surface area contributed by atoms with Gasteiger partial charge < -0.3 is 5.84 Å². The SMILES string of the molecule is CCCc1ccc(-c2nc3ccc(F)cc3c(=O)n2N)cc1. The largest absolute Gasteiger partial charge is 0.334 e. The average molecular weight is 297 g/mol. The highest BCUT2D eigenvalue weighted by molar-refractivity contribution is 5.79. The summed E-state index contributed by atoms with van der Waals surface area (Å²) in [6.07, 6.45) is 2.07. The van der Waals surface area contributed by atoms with Crippen molar-refractivity contribution in [3.63, 3.8) is 0 Å². The average Bonchev–Trinajstić information content (AvgIpc) is 2.53. The Hall–Kier alpha value is -2.69. The first kappa shape index (κ1) is 14.3. The molecule has 2 aromatic carbocycles. The van der Waals surface area contributed by atoms with E-state index in [-0.39, 0.29) is 5.39 Å². The van der Waals surface area contributed by atoms with E-state index in [1.807, 2.05) is 24.3 Å². The molecule has 0 amide bonds. The number of aryl methyl sites for hydroxylation is 1. The van der Waals surface area contributed by atoms with Crippen LogP contribution in [0.4, 0.5) is 4.39 Å². The molecule has 0 saturated heterocycles. The molecule has 3 rings (SSSR count). The van der Waals surface area contributed by atoms with Crippen molar-refractivity contribution < 1.29 is 4.39 Å². The lowest BCUT2D eigenvalue weighted by molar-refractivity contribution is 0.629. The van der Waals surface area contributed by atoms with Gasteiger partial charge in [-0.1, -0.05) is 37.6 Å². The summed E-state index contributed by atoms with van der Waals surface area (Å²) in [4.78, 5) is 16.7. The molecule has 1 aromatic heterocycles. The molecule has 0 spiro atoms. The summed E-state index contributed by atoms with van der Waals surface area (Å²) in [5.41, 5.74) is 1.95. The fourth-order valence-corrected chi connectivity index (χ4v) is 2.48. The van der Waals surface area contributed by atoms with Crippen molar-refractivity contribution in [2.75, 3.05) is 5.84 Å². The third kappa shape index (κ3) is 2.45. The van der Waals surface area contributed by atoms with Gasteiger partial charge in [-0.2, -0.15) is 0 Å². The molecule has 0 atom stereocenters. The van der Waals surface area contributed by atoms with Crippen molar-refractivity contribution in [3.05, 3.63) is 64.2 Å². The summed E-state index contributed by atoms with van der Waals surface area (Å²) in [6.45, 7) is 2.12. The van der Waals surface area contributed by atoms with Crippen LogP contribution in [-0.2, 0) is 6.42 Å². The zero-order valence-electron chi connectivity index (χ0n) is 12.2. The molecule has 5 heteroatoms. The van der Waals surface area contributed by atoms with E-state index in [0.717, 1.165) is 29.1 Å². The van der Waals surface area contributed by atoms with Gasteiger partial charge in [-0.3, -0.25) is 4.79 Å². The molecular weight excluding hydrogens is 281 g/mol. The summed E-state index contributed by atoms with van der Waals surface area (Å²) < 4.78 is 14.2. The zero-order chi connectivity index (χ0) is 15.7. The van der Waals surface area contributed by atoms with Gasteiger partial charge in [-0.05, 0) is 30.2 Å². The second kappa shape index (κ2) is 5.60. The summed E-state index contributed by atoms with van der Waals surface area (Å²) in [5, 5.41) is 0.175. The van der Waals surface area contributed by atoms with Crippen LogP contribution in [0.15, 0.2) is 47.3 Å². The third-order valence-corrected chi connectivity index (χ3v) is 3.61. The predicted molar refractivity (Wildman–Crippen MR) is 85.5 cm³/mol. The molecule has 0 radical (unpaired) electrons. The molecule has 2 N–H and O–H groups in total. The molecule has 0 aliphatic rings. The minimum absolute atomic E-state index is 0.175. The molecule has 112 valence electrons. The van der Waals surface area contributed by atoms with E-state index < -0.39 is 11.4 Å². The van der Waals surface area contributed by atoms with Gasteiger partial charge in [0.2, 0.25) is 0 Å². The van der Waals surface area contributed by atoms with E-state index in [1.54, 1.807) is 0 Å². The number of hydrogen-bond acceptors (Lipinski definition) is 3. The Morgan fingerprint density at radius 2 is 1.91 bits per heavy atom. The molecule has 0 saturated carbocycles. The van der Waals surface area contributed by atoms with Crippen LogP contribution in [0, 0.1) is 5.82 Å². The predicted octanol–water partition coefficient (Wildman–Crippen LogP) is 2.87. The molecule has 3 aromatic rings. The van der Waals surface area contributed by atoms with Gasteiger partial charge in [-0.25, -0.2) is 14.1 Å². The zero-order valence-corrected chi connectivity index (χ0v) is 12.2. The third-order valence-electron chi connectivity index (χ3n) is 3.61. The standard InChI is InChI=1S/C17H16FN3O/c1-2-3-11-4-6-12(7-5-11)16-20-15-9-8-13(18)10-14(15)17(22)21(16)19/h4-10H,2-3,19H2,1H3. The van der Waals surface area contributed by atoms with Gasteiger partial charge in [0.05, 0.1) is 10.9 Å². The highest BCUT2D eigenvalue weighted by Crippen LogP contribution is 2.19. The van der Waals surface area contributed by atoms with Crippen LogP contribution in [-0.4, -0.2) is 9.66 Å². The van der Waals surface area contributed by atoms with Gasteiger partial charge in [-0.15, -0.1) is 0 Å². The van der Waals surface area contributed by atoms with Gasteiger partial charge in [0.15, 0.2) is 5.82 Å². The van der Waals surface area contributed by atoms with Gasteiger partial charge in [0.25, 0.3) is 5.56 Å². The summed E-state index contributed by atoms with van der Waals surface area (Å²) in [5.74, 6) is 5.73. The molecule has 4 nitrogen and oxygen atoms in total. The molecule has 0 aliphatic carbocycles. The second-order valence-corrected chi connectivity index (χ2v) is 5.22. The normalized spacial score (nSPS) is 11.0. The number of fused-ring (bicyclic) bond motifs is 1. The Kier molecular flexibility index (Phi) is 3.63. The van der Waals surface area contributed by atoms with E-state index in [2.05, 4.69) is 11.9 Å². The van der Waals surface area contributed by atoms with Crippen molar-refractivity contribution >= 4 is 10.9 Å². The van der Waals surface area contributed by atoms with E-state index in [4.69, 9.17) is 5.84 Å². The molecule has 0 aliphatic heterocycles. The number of nitrogens with two attached hydrogens (primary N) is 1. The molecule has 0 bridgehead atoms. The maximum absolute atomic E-state index is 13.3. The lowest BCUT2D eigenvalue weighted by Gasteiger charge is -2.09. The second-order valence-electron chi connectivity index (χ2n) is 5.22. The van der Waals surface area contributed by atoms with E-state index >= 15 is 0 Å². The van der Waals surface area contributed by atoms with E-state index in [1.165, 1.54) is 17.7 Å². The minimum Gasteiger partial charge on any atom is -0.334 e. The van der Waals surface area contributed by atoms with Gasteiger partial charge in [0, 0.05) is 5.56 Å². The van der Waals surface area contributed by atoms with Crippen molar-refractivity contribution in [2.24, 2.45) is 0 Å². The highest BCUT2D eigenvalue weighted by Gasteiger charge is 2.11. The van der Waals surface area contributed by atoms with E-state index in [0.29, 0.717) is 11.3 Å². The monoisotopic (exact) mass is 297 g/mol. The van der Waals surface area contributed by atoms with Crippen molar-refractivity contribution in [3.8, 4) is 11.4 Å². The van der Waals surface area contributed by atoms with E-state index in [9.17, 15) is 9.18 Å². The summed E-state index contributed by atoms with van der Waals surface area (Å²) >= 11 is 0. The van der Waals surface area contributed by atoms with Crippen LogP contribution < -0.4 is 11.4 Å². The topological polar surface area (TPSA) is 60.9 Å². The van der Waals surface area contributed by atoms with Crippen LogP contribution in [0.1, 0.15) is 18.9 Å².